The van der Waals surface area contributed by atoms with Crippen LogP contribution in [-0.2, 0) is 0 Å². The molecule has 0 unspecified atom stereocenters. The molecular formula is C14H22N2S. The van der Waals surface area contributed by atoms with Crippen molar-refractivity contribution < 1.29 is 0 Å². The van der Waals surface area contributed by atoms with Gasteiger partial charge in [-0.2, -0.15) is 0 Å². The summed E-state index contributed by atoms with van der Waals surface area (Å²) in [6.07, 6.45) is 2.33. The van der Waals surface area contributed by atoms with E-state index in [0.717, 1.165) is 18.7 Å². The van der Waals surface area contributed by atoms with Crippen LogP contribution in [0, 0.1) is 20.8 Å². The van der Waals surface area contributed by atoms with Gasteiger partial charge in [0.15, 0.2) is 5.11 Å². The molecule has 0 saturated carbocycles. The first-order valence-electron chi connectivity index (χ1n) is 6.17. The van der Waals surface area contributed by atoms with Crippen LogP contribution in [0.3, 0.4) is 0 Å². The number of thiocarbonyl (C=S) groups is 1. The fraction of sp³-hybridized carbons (Fsp3) is 0.500. The normalized spacial score (nSPS) is 10.1. The summed E-state index contributed by atoms with van der Waals surface area (Å²) >= 11 is 5.28. The Morgan fingerprint density at radius 2 is 1.76 bits per heavy atom. The molecule has 3 heteroatoms. The third-order valence-corrected chi connectivity index (χ3v) is 2.98. The lowest BCUT2D eigenvalue weighted by Gasteiger charge is -2.15. The number of benzene rings is 1. The molecule has 94 valence electrons. The molecule has 0 bridgehead atoms. The quantitative estimate of drug-likeness (QED) is 0.629. The van der Waals surface area contributed by atoms with Crippen molar-refractivity contribution in [2.24, 2.45) is 0 Å². The predicted molar refractivity (Wildman–Crippen MR) is 79.8 cm³/mol. The summed E-state index contributed by atoms with van der Waals surface area (Å²) in [4.78, 5) is 0. The second kappa shape index (κ2) is 6.60. The van der Waals surface area contributed by atoms with Gasteiger partial charge in [-0.1, -0.05) is 31.0 Å². The van der Waals surface area contributed by atoms with Crippen molar-refractivity contribution in [3.05, 3.63) is 28.8 Å². The lowest BCUT2D eigenvalue weighted by atomic mass is 10.1. The van der Waals surface area contributed by atoms with Gasteiger partial charge >= 0.3 is 0 Å². The third kappa shape index (κ3) is 4.35. The number of hydrogen-bond donors (Lipinski definition) is 2. The molecule has 1 aromatic rings. The first-order chi connectivity index (χ1) is 8.04. The SMILES string of the molecule is CCCCNC(=S)Nc1c(C)cc(C)cc1C. The number of hydrogen-bond acceptors (Lipinski definition) is 1. The number of nitrogens with one attached hydrogen (secondary N) is 2. The zero-order valence-corrected chi connectivity index (χ0v) is 12.0. The molecule has 1 rings (SSSR count). The summed E-state index contributed by atoms with van der Waals surface area (Å²) in [6, 6.07) is 4.34. The minimum atomic E-state index is 0.716. The van der Waals surface area contributed by atoms with Gasteiger partial charge in [0, 0.05) is 12.2 Å². The molecular weight excluding hydrogens is 228 g/mol. The molecule has 0 fully saturated rings. The van der Waals surface area contributed by atoms with Crippen molar-refractivity contribution in [3.8, 4) is 0 Å². The van der Waals surface area contributed by atoms with E-state index in [9.17, 15) is 0 Å². The predicted octanol–water partition coefficient (Wildman–Crippen LogP) is 3.70. The van der Waals surface area contributed by atoms with Crippen LogP contribution >= 0.6 is 12.2 Å². The van der Waals surface area contributed by atoms with Gasteiger partial charge in [0.05, 0.1) is 0 Å². The second-order valence-corrected chi connectivity index (χ2v) is 4.92. The van der Waals surface area contributed by atoms with Crippen LogP contribution in [0.4, 0.5) is 5.69 Å². The van der Waals surface area contributed by atoms with Gasteiger partial charge in [-0.05, 0) is 50.5 Å². The van der Waals surface area contributed by atoms with E-state index < -0.39 is 0 Å². The van der Waals surface area contributed by atoms with E-state index in [1.54, 1.807) is 0 Å². The number of anilines is 1. The molecule has 17 heavy (non-hydrogen) atoms. The highest BCUT2D eigenvalue weighted by Gasteiger charge is 2.05. The van der Waals surface area contributed by atoms with Crippen LogP contribution in [0.25, 0.3) is 0 Å². The van der Waals surface area contributed by atoms with E-state index in [0.29, 0.717) is 5.11 Å². The van der Waals surface area contributed by atoms with E-state index in [4.69, 9.17) is 12.2 Å². The van der Waals surface area contributed by atoms with Crippen LogP contribution in [0.1, 0.15) is 36.5 Å². The molecule has 0 spiro atoms. The Bertz CT molecular complexity index is 376. The minimum absolute atomic E-state index is 0.716. The van der Waals surface area contributed by atoms with E-state index in [2.05, 4.69) is 50.5 Å². The fourth-order valence-electron chi connectivity index (χ4n) is 1.91. The summed E-state index contributed by atoms with van der Waals surface area (Å²) in [6.45, 7) is 9.44. The Hall–Kier alpha value is -1.09. The van der Waals surface area contributed by atoms with E-state index in [-0.39, 0.29) is 0 Å². The average molecular weight is 250 g/mol. The Morgan fingerprint density at radius 1 is 1.18 bits per heavy atom. The third-order valence-electron chi connectivity index (χ3n) is 2.73. The molecule has 0 aliphatic carbocycles. The zero-order chi connectivity index (χ0) is 12.8. The van der Waals surface area contributed by atoms with Gasteiger partial charge in [-0.15, -0.1) is 0 Å². The van der Waals surface area contributed by atoms with Gasteiger partial charge in [-0.3, -0.25) is 0 Å². The van der Waals surface area contributed by atoms with Crippen LogP contribution in [0.15, 0.2) is 12.1 Å². The highest BCUT2D eigenvalue weighted by Crippen LogP contribution is 2.21. The van der Waals surface area contributed by atoms with Crippen molar-refractivity contribution in [2.45, 2.75) is 40.5 Å². The first kappa shape index (κ1) is 14.0. The van der Waals surface area contributed by atoms with Crippen molar-refractivity contribution >= 4 is 23.0 Å². The van der Waals surface area contributed by atoms with E-state index >= 15 is 0 Å². The smallest absolute Gasteiger partial charge is 0.170 e. The number of aryl methyl sites for hydroxylation is 3. The van der Waals surface area contributed by atoms with Crippen LogP contribution in [0.2, 0.25) is 0 Å². The molecule has 2 N–H and O–H groups in total. The largest absolute Gasteiger partial charge is 0.362 e. The summed E-state index contributed by atoms with van der Waals surface area (Å²) < 4.78 is 0. The number of unbranched alkanes of at least 4 members (excludes halogenated alkanes) is 1. The summed E-state index contributed by atoms with van der Waals surface area (Å²) in [5.74, 6) is 0. The van der Waals surface area contributed by atoms with Crippen LogP contribution in [0.5, 0.6) is 0 Å². The monoisotopic (exact) mass is 250 g/mol. The Morgan fingerprint density at radius 3 is 2.29 bits per heavy atom. The highest BCUT2D eigenvalue weighted by molar-refractivity contribution is 7.80. The summed E-state index contributed by atoms with van der Waals surface area (Å²) in [5, 5.41) is 7.22. The molecule has 0 radical (unpaired) electrons. The fourth-order valence-corrected chi connectivity index (χ4v) is 2.12. The maximum absolute atomic E-state index is 5.28. The molecule has 0 atom stereocenters. The lowest BCUT2D eigenvalue weighted by Crippen LogP contribution is -2.29. The van der Waals surface area contributed by atoms with Gasteiger partial charge < -0.3 is 10.6 Å². The summed E-state index contributed by atoms with van der Waals surface area (Å²) in [5.41, 5.74) is 4.89. The van der Waals surface area contributed by atoms with Gasteiger partial charge in [0.25, 0.3) is 0 Å². The molecule has 0 amide bonds. The van der Waals surface area contributed by atoms with Crippen LogP contribution < -0.4 is 10.6 Å². The topological polar surface area (TPSA) is 24.1 Å². The van der Waals surface area contributed by atoms with Crippen molar-refractivity contribution in [2.75, 3.05) is 11.9 Å². The first-order valence-corrected chi connectivity index (χ1v) is 6.58. The van der Waals surface area contributed by atoms with Crippen molar-refractivity contribution in [1.82, 2.24) is 5.32 Å². The second-order valence-electron chi connectivity index (χ2n) is 4.51. The highest BCUT2D eigenvalue weighted by atomic mass is 32.1. The summed E-state index contributed by atoms with van der Waals surface area (Å²) in [7, 11) is 0. The van der Waals surface area contributed by atoms with Crippen molar-refractivity contribution in [1.29, 1.82) is 0 Å². The Kier molecular flexibility index (Phi) is 5.42. The molecule has 0 aliphatic heterocycles. The molecule has 1 aromatic carbocycles. The molecule has 0 heterocycles. The maximum atomic E-state index is 5.28. The zero-order valence-electron chi connectivity index (χ0n) is 11.2. The Balaban J connectivity index is 2.65. The number of rotatable bonds is 4. The van der Waals surface area contributed by atoms with Gasteiger partial charge in [0.2, 0.25) is 0 Å². The van der Waals surface area contributed by atoms with E-state index in [1.165, 1.54) is 23.1 Å². The van der Waals surface area contributed by atoms with Gasteiger partial charge in [0.1, 0.15) is 0 Å². The average Bonchev–Trinajstić information content (AvgIpc) is 2.24. The molecule has 0 saturated heterocycles. The minimum Gasteiger partial charge on any atom is -0.362 e. The van der Waals surface area contributed by atoms with E-state index in [1.807, 2.05) is 0 Å². The molecule has 2 nitrogen and oxygen atoms in total. The Labute approximate surface area is 110 Å². The van der Waals surface area contributed by atoms with Crippen molar-refractivity contribution in [3.63, 3.8) is 0 Å². The van der Waals surface area contributed by atoms with Gasteiger partial charge in [-0.25, -0.2) is 0 Å². The molecule has 0 aromatic heterocycles. The maximum Gasteiger partial charge on any atom is 0.170 e. The molecule has 0 aliphatic rings. The van der Waals surface area contributed by atoms with Crippen LogP contribution in [-0.4, -0.2) is 11.7 Å². The lowest BCUT2D eigenvalue weighted by molar-refractivity contribution is 0.758. The standard InChI is InChI=1S/C14H22N2S/c1-5-6-7-15-14(17)16-13-11(3)8-10(2)9-12(13)4/h8-9H,5-7H2,1-4H3,(H2,15,16,17).